The predicted molar refractivity (Wildman–Crippen MR) is 87.8 cm³/mol. The second kappa shape index (κ2) is 9.45. The number of benzene rings is 1. The van der Waals surface area contributed by atoms with Gasteiger partial charge in [-0.15, -0.1) is 0 Å². The summed E-state index contributed by atoms with van der Waals surface area (Å²) in [7, 11) is -3.38. The highest BCUT2D eigenvalue weighted by atomic mass is 32.2. The summed E-state index contributed by atoms with van der Waals surface area (Å²) in [5.74, 6) is -0.360. The first-order valence-corrected chi connectivity index (χ1v) is 9.41. The number of hydrogen-bond donors (Lipinski definition) is 0. The van der Waals surface area contributed by atoms with Gasteiger partial charge in [-0.1, -0.05) is 18.2 Å². The summed E-state index contributed by atoms with van der Waals surface area (Å²) in [5, 5.41) is 0. The standard InChI is InChI=1S/C17H24O5S/c1-14(18)8-6-7-9-16(22-15(2)19)12-13-23(20,21)17-10-4-3-5-11-17/h3-5,10-11,16H,6-9,12-13H2,1-2H3. The molecule has 0 N–H and O–H groups in total. The van der Waals surface area contributed by atoms with E-state index in [9.17, 15) is 18.0 Å². The fourth-order valence-corrected chi connectivity index (χ4v) is 3.66. The van der Waals surface area contributed by atoms with E-state index < -0.39 is 21.9 Å². The van der Waals surface area contributed by atoms with Gasteiger partial charge in [0.25, 0.3) is 0 Å². The zero-order valence-corrected chi connectivity index (χ0v) is 14.5. The predicted octanol–water partition coefficient (Wildman–Crippen LogP) is 2.93. The van der Waals surface area contributed by atoms with Gasteiger partial charge in [-0.2, -0.15) is 0 Å². The fraction of sp³-hybridized carbons (Fsp3) is 0.529. The first kappa shape index (κ1) is 19.4. The first-order valence-electron chi connectivity index (χ1n) is 7.75. The van der Waals surface area contributed by atoms with Crippen LogP contribution in [0.25, 0.3) is 0 Å². The number of hydrogen-bond acceptors (Lipinski definition) is 5. The summed E-state index contributed by atoms with van der Waals surface area (Å²) in [4.78, 5) is 22.4. The van der Waals surface area contributed by atoms with Crippen molar-refractivity contribution in [1.82, 2.24) is 0 Å². The van der Waals surface area contributed by atoms with Gasteiger partial charge in [0.1, 0.15) is 11.9 Å². The largest absolute Gasteiger partial charge is 0.463 e. The number of rotatable bonds is 10. The van der Waals surface area contributed by atoms with Crippen LogP contribution in [0.1, 0.15) is 46.0 Å². The second-order valence-electron chi connectivity index (χ2n) is 5.60. The van der Waals surface area contributed by atoms with Crippen molar-refractivity contribution in [2.45, 2.75) is 57.0 Å². The van der Waals surface area contributed by atoms with E-state index in [1.165, 1.54) is 13.8 Å². The SMILES string of the molecule is CC(=O)CCCCC(CCS(=O)(=O)c1ccccc1)OC(C)=O. The molecule has 128 valence electrons. The van der Waals surface area contributed by atoms with Gasteiger partial charge in [-0.25, -0.2) is 8.42 Å². The molecule has 0 spiro atoms. The third-order valence-electron chi connectivity index (χ3n) is 3.45. The summed E-state index contributed by atoms with van der Waals surface area (Å²) in [6, 6.07) is 8.23. The van der Waals surface area contributed by atoms with Crippen LogP contribution in [-0.2, 0) is 24.2 Å². The molecule has 5 nitrogen and oxygen atoms in total. The molecule has 0 aliphatic carbocycles. The Morgan fingerprint density at radius 3 is 2.26 bits per heavy atom. The first-order chi connectivity index (χ1) is 10.8. The molecule has 0 saturated carbocycles. The molecule has 1 aromatic rings. The van der Waals surface area contributed by atoms with E-state index in [1.807, 2.05) is 0 Å². The molecule has 0 aromatic heterocycles. The molecule has 0 bridgehead atoms. The molecule has 23 heavy (non-hydrogen) atoms. The maximum absolute atomic E-state index is 12.3. The average molecular weight is 340 g/mol. The molecular formula is C17H24O5S. The van der Waals surface area contributed by atoms with Crippen LogP contribution in [0.15, 0.2) is 35.2 Å². The van der Waals surface area contributed by atoms with Crippen LogP contribution in [0.2, 0.25) is 0 Å². The molecular weight excluding hydrogens is 316 g/mol. The van der Waals surface area contributed by atoms with E-state index >= 15 is 0 Å². The molecule has 1 unspecified atom stereocenters. The maximum Gasteiger partial charge on any atom is 0.302 e. The molecule has 1 rings (SSSR count). The highest BCUT2D eigenvalue weighted by molar-refractivity contribution is 7.91. The summed E-state index contributed by atoms with van der Waals surface area (Å²) < 4.78 is 29.7. The number of carbonyl (C=O) groups is 2. The minimum atomic E-state index is -3.38. The molecule has 1 atom stereocenters. The number of esters is 1. The summed E-state index contributed by atoms with van der Waals surface area (Å²) in [6.07, 6.45) is 2.34. The summed E-state index contributed by atoms with van der Waals surface area (Å²) in [5.41, 5.74) is 0. The van der Waals surface area contributed by atoms with Crippen molar-refractivity contribution >= 4 is 21.6 Å². The van der Waals surface area contributed by atoms with E-state index in [1.54, 1.807) is 30.3 Å². The number of Topliss-reactive ketones (excluding diaryl/α,β-unsaturated/α-hetero) is 1. The minimum absolute atomic E-state index is 0.0678. The highest BCUT2D eigenvalue weighted by Gasteiger charge is 2.19. The molecule has 6 heteroatoms. The van der Waals surface area contributed by atoms with Gasteiger partial charge in [0.05, 0.1) is 10.6 Å². The zero-order chi connectivity index (χ0) is 17.3. The lowest BCUT2D eigenvalue weighted by atomic mass is 10.1. The van der Waals surface area contributed by atoms with Gasteiger partial charge in [0.2, 0.25) is 0 Å². The quantitative estimate of drug-likeness (QED) is 0.483. The molecule has 0 heterocycles. The Morgan fingerprint density at radius 1 is 1.04 bits per heavy atom. The van der Waals surface area contributed by atoms with Crippen molar-refractivity contribution in [1.29, 1.82) is 0 Å². The van der Waals surface area contributed by atoms with Crippen LogP contribution < -0.4 is 0 Å². The molecule has 0 saturated heterocycles. The maximum atomic E-state index is 12.3. The van der Waals surface area contributed by atoms with E-state index in [0.717, 1.165) is 12.8 Å². The number of ketones is 1. The van der Waals surface area contributed by atoms with Crippen LogP contribution >= 0.6 is 0 Å². The van der Waals surface area contributed by atoms with Crippen molar-refractivity contribution in [2.75, 3.05) is 5.75 Å². The van der Waals surface area contributed by atoms with Crippen molar-refractivity contribution in [3.05, 3.63) is 30.3 Å². The smallest absolute Gasteiger partial charge is 0.302 e. The van der Waals surface area contributed by atoms with Crippen LogP contribution in [0, 0.1) is 0 Å². The van der Waals surface area contributed by atoms with Crippen molar-refractivity contribution in [3.8, 4) is 0 Å². The Bertz CT molecular complexity index is 607. The number of carbonyl (C=O) groups excluding carboxylic acids is 2. The summed E-state index contributed by atoms with van der Waals surface area (Å²) in [6.45, 7) is 2.85. The number of ether oxygens (including phenoxy) is 1. The highest BCUT2D eigenvalue weighted by Crippen LogP contribution is 2.16. The van der Waals surface area contributed by atoms with E-state index in [-0.39, 0.29) is 22.9 Å². The van der Waals surface area contributed by atoms with Gasteiger partial charge in [0, 0.05) is 13.3 Å². The van der Waals surface area contributed by atoms with E-state index in [4.69, 9.17) is 4.74 Å². The molecule has 0 aliphatic rings. The van der Waals surface area contributed by atoms with Crippen molar-refractivity contribution < 1.29 is 22.7 Å². The fourth-order valence-electron chi connectivity index (χ4n) is 2.28. The Kier molecular flexibility index (Phi) is 7.95. The molecule has 0 fully saturated rings. The lowest BCUT2D eigenvalue weighted by molar-refractivity contribution is -0.146. The lowest BCUT2D eigenvalue weighted by Crippen LogP contribution is -2.21. The van der Waals surface area contributed by atoms with Gasteiger partial charge in [0.15, 0.2) is 9.84 Å². The average Bonchev–Trinajstić information content (AvgIpc) is 2.49. The van der Waals surface area contributed by atoms with Crippen LogP contribution in [0.4, 0.5) is 0 Å². The lowest BCUT2D eigenvalue weighted by Gasteiger charge is -2.17. The Balaban J connectivity index is 2.56. The zero-order valence-electron chi connectivity index (χ0n) is 13.7. The van der Waals surface area contributed by atoms with Crippen molar-refractivity contribution in [3.63, 3.8) is 0 Å². The Hall–Kier alpha value is -1.69. The second-order valence-corrected chi connectivity index (χ2v) is 7.71. The topological polar surface area (TPSA) is 77.5 Å². The third kappa shape index (κ3) is 7.93. The van der Waals surface area contributed by atoms with Gasteiger partial charge >= 0.3 is 5.97 Å². The Labute approximate surface area is 138 Å². The Morgan fingerprint density at radius 2 is 1.70 bits per heavy atom. The van der Waals surface area contributed by atoms with E-state index in [2.05, 4.69) is 0 Å². The van der Waals surface area contributed by atoms with Gasteiger partial charge in [-0.05, 0) is 44.7 Å². The van der Waals surface area contributed by atoms with Crippen molar-refractivity contribution in [2.24, 2.45) is 0 Å². The van der Waals surface area contributed by atoms with Crippen LogP contribution in [0.3, 0.4) is 0 Å². The molecule has 0 radical (unpaired) electrons. The normalized spacial score (nSPS) is 12.6. The summed E-state index contributed by atoms with van der Waals surface area (Å²) >= 11 is 0. The van der Waals surface area contributed by atoms with Crippen LogP contribution in [0.5, 0.6) is 0 Å². The van der Waals surface area contributed by atoms with Gasteiger partial charge < -0.3 is 9.53 Å². The monoisotopic (exact) mass is 340 g/mol. The van der Waals surface area contributed by atoms with Gasteiger partial charge in [-0.3, -0.25) is 4.79 Å². The molecule has 0 aliphatic heterocycles. The number of sulfone groups is 1. The minimum Gasteiger partial charge on any atom is -0.463 e. The molecule has 0 amide bonds. The van der Waals surface area contributed by atoms with Crippen LogP contribution in [-0.4, -0.2) is 32.0 Å². The molecule has 1 aromatic carbocycles. The van der Waals surface area contributed by atoms with E-state index in [0.29, 0.717) is 12.8 Å². The third-order valence-corrected chi connectivity index (χ3v) is 5.21. The number of unbranched alkanes of at least 4 members (excludes halogenated alkanes) is 1.